The van der Waals surface area contributed by atoms with Gasteiger partial charge in [0.1, 0.15) is 0 Å². The zero-order valence-corrected chi connectivity index (χ0v) is 10.7. The summed E-state index contributed by atoms with van der Waals surface area (Å²) in [5.74, 6) is 0. The van der Waals surface area contributed by atoms with Crippen LogP contribution < -0.4 is 0 Å². The second-order valence-electron chi connectivity index (χ2n) is 1.43. The molecule has 1 nitrogen and oxygen atoms in total. The van der Waals surface area contributed by atoms with Crippen LogP contribution in [0.3, 0.4) is 0 Å². The minimum absolute atomic E-state index is 0. The molecule has 1 aliphatic carbocycles. The molecular formula is C6H7CoI2O-. The molecule has 0 N–H and O–H groups in total. The number of allylic oxidation sites excluding steroid dienone is 4. The molecule has 1 radical (unpaired) electrons. The van der Waals surface area contributed by atoms with Crippen LogP contribution in [0.5, 0.6) is 0 Å². The van der Waals surface area contributed by atoms with Crippen LogP contribution in [-0.2, 0) is 21.6 Å². The van der Waals surface area contributed by atoms with Crippen molar-refractivity contribution in [2.24, 2.45) is 0 Å². The van der Waals surface area contributed by atoms with Gasteiger partial charge in [-0.05, 0) is 12.7 Å². The molecule has 0 aromatic rings. The van der Waals surface area contributed by atoms with Crippen molar-refractivity contribution in [3.8, 4) is 0 Å². The van der Waals surface area contributed by atoms with Crippen LogP contribution in [0.1, 0.15) is 6.42 Å². The van der Waals surface area contributed by atoms with Gasteiger partial charge >= 0.3 is 0 Å². The Bertz CT molecular complexity index is 143. The topological polar surface area (TPSA) is 17.1 Å². The molecule has 0 atom stereocenters. The molecule has 0 saturated carbocycles. The first-order chi connectivity index (χ1) is 3.43. The second-order valence-corrected chi connectivity index (χ2v) is 1.43. The Morgan fingerprint density at radius 2 is 2.00 bits per heavy atom. The molecule has 0 fully saturated rings. The number of hydrogen-bond acceptors (Lipinski definition) is 1. The smallest absolute Gasteiger partial charge is 0 e. The van der Waals surface area contributed by atoms with E-state index in [1.54, 1.807) is 6.08 Å². The van der Waals surface area contributed by atoms with Crippen LogP contribution in [0.15, 0.2) is 23.8 Å². The molecule has 10 heavy (non-hydrogen) atoms. The van der Waals surface area contributed by atoms with Crippen LogP contribution in [0.4, 0.5) is 0 Å². The van der Waals surface area contributed by atoms with Crippen molar-refractivity contribution in [3.63, 3.8) is 0 Å². The molecule has 0 aromatic carbocycles. The van der Waals surface area contributed by atoms with E-state index in [0.29, 0.717) is 0 Å². The van der Waals surface area contributed by atoms with Gasteiger partial charge in [-0.15, -0.1) is 60.1 Å². The zero-order chi connectivity index (χ0) is 5.11. The molecular weight excluding hydrogens is 401 g/mol. The normalized spacial score (nSPS) is 11.8. The van der Waals surface area contributed by atoms with Crippen LogP contribution in [0, 0.1) is 0 Å². The third-order valence-corrected chi connectivity index (χ3v) is 0.902. The Kier molecular flexibility index (Phi) is 17.5. The summed E-state index contributed by atoms with van der Waals surface area (Å²) < 4.78 is 0. The van der Waals surface area contributed by atoms with Gasteiger partial charge in [-0.25, -0.2) is 6.08 Å². The summed E-state index contributed by atoms with van der Waals surface area (Å²) in [4.78, 5) is 9.77. The van der Waals surface area contributed by atoms with Crippen molar-refractivity contribution in [2.75, 3.05) is 0 Å². The summed E-state index contributed by atoms with van der Waals surface area (Å²) in [5.41, 5.74) is 0.750. The molecule has 0 aliphatic heterocycles. The first-order valence-corrected chi connectivity index (χ1v) is 2.17. The monoisotopic (exact) mass is 408 g/mol. The van der Waals surface area contributed by atoms with E-state index in [1.807, 2.05) is 18.4 Å². The van der Waals surface area contributed by atoms with E-state index in [9.17, 15) is 4.79 Å². The Labute approximate surface area is 105 Å². The predicted octanol–water partition coefficient (Wildman–Crippen LogP) is 2.22. The van der Waals surface area contributed by atoms with Crippen molar-refractivity contribution < 1.29 is 21.6 Å². The molecule has 4 heteroatoms. The van der Waals surface area contributed by atoms with E-state index in [4.69, 9.17) is 0 Å². The number of carbonyl (C=O) groups excluding carboxylic acids is 1. The van der Waals surface area contributed by atoms with Crippen molar-refractivity contribution >= 4 is 54.2 Å². The zero-order valence-electron chi connectivity index (χ0n) is 5.00. The molecule has 0 amide bonds. The van der Waals surface area contributed by atoms with Crippen molar-refractivity contribution in [2.45, 2.75) is 6.42 Å². The summed E-state index contributed by atoms with van der Waals surface area (Å²) in [6.07, 6.45) is 8.14. The fraction of sp³-hybridized carbons (Fsp3) is 0.167. The largest absolute Gasteiger partial charge is 0.419 e. The summed E-state index contributed by atoms with van der Waals surface area (Å²) in [6.45, 7) is 0. The standard InChI is InChI=1S/C6H5O.Co.2HI/c7-5-6-3-1-2-4-6;;;/h1-3H,4H2;;2*1H/q-1;;;. The van der Waals surface area contributed by atoms with E-state index in [1.165, 1.54) is 0 Å². The molecule has 1 aliphatic rings. The van der Waals surface area contributed by atoms with Crippen molar-refractivity contribution in [3.05, 3.63) is 23.8 Å². The van der Waals surface area contributed by atoms with Gasteiger partial charge in [0.2, 0.25) is 0 Å². The van der Waals surface area contributed by atoms with E-state index < -0.39 is 0 Å². The van der Waals surface area contributed by atoms with E-state index in [-0.39, 0.29) is 64.7 Å². The van der Waals surface area contributed by atoms with Gasteiger partial charge in [0, 0.05) is 16.8 Å². The molecule has 0 unspecified atom stereocenters. The SMILES string of the molecule is I.I.O=[C-]C1=CC=CC1.[Co]. The van der Waals surface area contributed by atoms with Crippen molar-refractivity contribution in [1.29, 1.82) is 0 Å². The summed E-state index contributed by atoms with van der Waals surface area (Å²) in [6, 6.07) is 0. The van der Waals surface area contributed by atoms with Crippen molar-refractivity contribution in [1.82, 2.24) is 0 Å². The maximum atomic E-state index is 9.77. The Morgan fingerprint density at radius 1 is 1.40 bits per heavy atom. The minimum Gasteiger partial charge on any atom is -0.419 e. The summed E-state index contributed by atoms with van der Waals surface area (Å²) in [5, 5.41) is 0. The summed E-state index contributed by atoms with van der Waals surface area (Å²) >= 11 is 0. The fourth-order valence-corrected chi connectivity index (χ4v) is 0.523. The van der Waals surface area contributed by atoms with E-state index in [2.05, 4.69) is 0 Å². The van der Waals surface area contributed by atoms with Gasteiger partial charge in [0.05, 0.1) is 0 Å². The van der Waals surface area contributed by atoms with Gasteiger partial charge in [0.25, 0.3) is 0 Å². The quantitative estimate of drug-likeness (QED) is 0.481. The molecule has 0 spiro atoms. The third-order valence-electron chi connectivity index (χ3n) is 0.902. The van der Waals surface area contributed by atoms with Gasteiger partial charge in [-0.2, -0.15) is 5.57 Å². The fourth-order valence-electron chi connectivity index (χ4n) is 0.523. The molecule has 0 bridgehead atoms. The van der Waals surface area contributed by atoms with E-state index >= 15 is 0 Å². The second kappa shape index (κ2) is 10.1. The van der Waals surface area contributed by atoms with Crippen LogP contribution in [-0.4, -0.2) is 6.29 Å². The molecule has 0 aromatic heterocycles. The minimum atomic E-state index is 0. The van der Waals surface area contributed by atoms with Gasteiger partial charge < -0.3 is 4.79 Å². The van der Waals surface area contributed by atoms with Crippen LogP contribution in [0.25, 0.3) is 0 Å². The average molecular weight is 408 g/mol. The molecule has 0 saturated heterocycles. The first kappa shape index (κ1) is 17.3. The Hall–Kier alpha value is 1.12. The number of hydrogen-bond donors (Lipinski definition) is 0. The third kappa shape index (κ3) is 5.87. The molecule has 1 rings (SSSR count). The van der Waals surface area contributed by atoms with Gasteiger partial charge in [-0.3, -0.25) is 0 Å². The maximum absolute atomic E-state index is 9.77. The maximum Gasteiger partial charge on any atom is 0 e. The number of halogens is 2. The Balaban J connectivity index is -0.000000163. The van der Waals surface area contributed by atoms with E-state index in [0.717, 1.165) is 12.0 Å². The predicted molar refractivity (Wildman–Crippen MR) is 58.4 cm³/mol. The Morgan fingerprint density at radius 3 is 2.20 bits per heavy atom. The van der Waals surface area contributed by atoms with Gasteiger partial charge in [-0.1, -0.05) is 0 Å². The summed E-state index contributed by atoms with van der Waals surface area (Å²) in [7, 11) is 0. The average Bonchev–Trinajstić information content (AvgIpc) is 2.14. The van der Waals surface area contributed by atoms with Crippen LogP contribution >= 0.6 is 48.0 Å². The molecule has 0 heterocycles. The van der Waals surface area contributed by atoms with Crippen LogP contribution in [0.2, 0.25) is 0 Å². The first-order valence-electron chi connectivity index (χ1n) is 2.17. The van der Waals surface area contributed by atoms with Gasteiger partial charge in [0.15, 0.2) is 0 Å². The number of rotatable bonds is 1. The molecule has 61 valence electrons.